The van der Waals surface area contributed by atoms with Crippen molar-refractivity contribution in [3.8, 4) is 17.1 Å². The molecule has 0 amide bonds. The molecule has 176 valence electrons. The van der Waals surface area contributed by atoms with Gasteiger partial charge < -0.3 is 14.0 Å². The molecule has 9 nitrogen and oxygen atoms in total. The van der Waals surface area contributed by atoms with E-state index < -0.39 is 11.7 Å². The fraction of sp³-hybridized carbons (Fsp3) is 0.320. The van der Waals surface area contributed by atoms with Crippen LogP contribution in [0.3, 0.4) is 0 Å². The second kappa shape index (κ2) is 8.74. The van der Waals surface area contributed by atoms with E-state index >= 15 is 0 Å². The molecule has 0 unspecified atom stereocenters. The highest BCUT2D eigenvalue weighted by Crippen LogP contribution is 2.35. The molecule has 0 bridgehead atoms. The van der Waals surface area contributed by atoms with Gasteiger partial charge in [0.15, 0.2) is 0 Å². The summed E-state index contributed by atoms with van der Waals surface area (Å²) in [7, 11) is 0. The van der Waals surface area contributed by atoms with Gasteiger partial charge in [-0.15, -0.1) is 0 Å². The van der Waals surface area contributed by atoms with Gasteiger partial charge in [0.2, 0.25) is 5.78 Å². The summed E-state index contributed by atoms with van der Waals surface area (Å²) in [4.78, 5) is 35.4. The maximum atomic E-state index is 13.5. The number of carbonyl (C=O) groups is 2. The van der Waals surface area contributed by atoms with Gasteiger partial charge in [-0.2, -0.15) is 9.55 Å². The van der Waals surface area contributed by atoms with Gasteiger partial charge in [-0.05, 0) is 71.4 Å². The van der Waals surface area contributed by atoms with E-state index in [0.717, 1.165) is 5.56 Å². The molecule has 4 rings (SSSR count). The summed E-state index contributed by atoms with van der Waals surface area (Å²) in [6.45, 7) is 11.0. The van der Waals surface area contributed by atoms with Gasteiger partial charge in [-0.25, -0.2) is 4.79 Å². The number of hydrogen-bond acceptors (Lipinski definition) is 8. The standard InChI is InChI=1S/C25H26N4O5/c1-7-32-23-27-21-17(22(30)18-10-8-9-11-26-18)12-16(20-14(2)28-34-15(20)3)13-19(21)29(23)24(31)33-25(4,5)6/h8-13H,7H2,1-6H3. The number of ketones is 1. The van der Waals surface area contributed by atoms with Gasteiger partial charge >= 0.3 is 12.1 Å². The average Bonchev–Trinajstić information content (AvgIpc) is 3.31. The van der Waals surface area contributed by atoms with Gasteiger partial charge in [-0.1, -0.05) is 11.2 Å². The Labute approximate surface area is 196 Å². The summed E-state index contributed by atoms with van der Waals surface area (Å²) in [5.41, 5.74) is 2.49. The Morgan fingerprint density at radius 1 is 1.15 bits per heavy atom. The van der Waals surface area contributed by atoms with E-state index in [4.69, 9.17) is 14.0 Å². The molecule has 1 aromatic carbocycles. The molecule has 0 N–H and O–H groups in total. The fourth-order valence-corrected chi connectivity index (χ4v) is 3.71. The maximum Gasteiger partial charge on any atom is 0.423 e. The Hall–Kier alpha value is -4.01. The first-order chi connectivity index (χ1) is 16.1. The number of aryl methyl sites for hydroxylation is 2. The maximum absolute atomic E-state index is 13.5. The first kappa shape index (κ1) is 23.2. The lowest BCUT2D eigenvalue weighted by molar-refractivity contribution is 0.0527. The number of benzene rings is 1. The van der Waals surface area contributed by atoms with Gasteiger partial charge in [-0.3, -0.25) is 9.78 Å². The molecule has 0 aliphatic heterocycles. The van der Waals surface area contributed by atoms with Crippen molar-refractivity contribution >= 4 is 22.9 Å². The number of hydrogen-bond donors (Lipinski definition) is 0. The highest BCUT2D eigenvalue weighted by Gasteiger charge is 2.28. The Morgan fingerprint density at radius 2 is 1.91 bits per heavy atom. The molecule has 0 saturated carbocycles. The van der Waals surface area contributed by atoms with Crippen molar-refractivity contribution < 1.29 is 23.6 Å². The van der Waals surface area contributed by atoms with Crippen molar-refractivity contribution in [2.45, 2.75) is 47.1 Å². The van der Waals surface area contributed by atoms with E-state index in [0.29, 0.717) is 28.1 Å². The van der Waals surface area contributed by atoms with Crippen LogP contribution in [0.25, 0.3) is 22.2 Å². The van der Waals surface area contributed by atoms with E-state index in [9.17, 15) is 9.59 Å². The van der Waals surface area contributed by atoms with Crippen molar-refractivity contribution in [1.82, 2.24) is 19.7 Å². The average molecular weight is 463 g/mol. The number of imidazole rings is 1. The minimum atomic E-state index is -0.747. The van der Waals surface area contributed by atoms with Crippen LogP contribution < -0.4 is 4.74 Å². The monoisotopic (exact) mass is 462 g/mol. The highest BCUT2D eigenvalue weighted by molar-refractivity contribution is 6.16. The van der Waals surface area contributed by atoms with Crippen LogP contribution in [0.5, 0.6) is 6.01 Å². The number of ether oxygens (including phenoxy) is 2. The van der Waals surface area contributed by atoms with Gasteiger partial charge in [0.05, 0.1) is 23.4 Å². The molecule has 3 aromatic heterocycles. The van der Waals surface area contributed by atoms with E-state index in [1.807, 2.05) is 6.92 Å². The lowest BCUT2D eigenvalue weighted by Gasteiger charge is -2.20. The van der Waals surface area contributed by atoms with Crippen molar-refractivity contribution in [2.24, 2.45) is 0 Å². The van der Waals surface area contributed by atoms with Crippen LogP contribution in [0.4, 0.5) is 4.79 Å². The molecule has 0 aliphatic rings. The summed E-state index contributed by atoms with van der Waals surface area (Å²) in [5, 5.41) is 4.03. The summed E-state index contributed by atoms with van der Waals surface area (Å²) < 4.78 is 17.9. The lowest BCUT2D eigenvalue weighted by Crippen LogP contribution is -2.27. The minimum Gasteiger partial charge on any atom is -0.465 e. The van der Waals surface area contributed by atoms with Gasteiger partial charge in [0, 0.05) is 11.8 Å². The zero-order valence-corrected chi connectivity index (χ0v) is 20.0. The second-order valence-corrected chi connectivity index (χ2v) is 8.78. The predicted molar refractivity (Wildman–Crippen MR) is 125 cm³/mol. The highest BCUT2D eigenvalue weighted by atomic mass is 16.6. The number of rotatable bonds is 5. The SMILES string of the molecule is CCOc1nc2c(C(=O)c3ccccn3)cc(-c3c(C)noc3C)cc2n1C(=O)OC(C)(C)C. The topological polar surface area (TPSA) is 109 Å². The van der Waals surface area contributed by atoms with Crippen LogP contribution in [0.2, 0.25) is 0 Å². The third-order valence-corrected chi connectivity index (χ3v) is 5.04. The Morgan fingerprint density at radius 3 is 2.50 bits per heavy atom. The molecule has 0 radical (unpaired) electrons. The summed E-state index contributed by atoms with van der Waals surface area (Å²) in [6.07, 6.45) is 0.888. The normalized spacial score (nSPS) is 11.6. The van der Waals surface area contributed by atoms with Crippen LogP contribution in [-0.4, -0.2) is 43.8 Å². The minimum absolute atomic E-state index is 0.0396. The zero-order valence-electron chi connectivity index (χ0n) is 20.0. The molecule has 0 atom stereocenters. The van der Waals surface area contributed by atoms with E-state index in [1.54, 1.807) is 71.1 Å². The summed E-state index contributed by atoms with van der Waals surface area (Å²) >= 11 is 0. The second-order valence-electron chi connectivity index (χ2n) is 8.78. The summed E-state index contributed by atoms with van der Waals surface area (Å²) in [5.74, 6) is 0.248. The Bertz CT molecular complexity index is 1360. The van der Waals surface area contributed by atoms with E-state index in [-0.39, 0.29) is 29.7 Å². The fourth-order valence-electron chi connectivity index (χ4n) is 3.71. The quantitative estimate of drug-likeness (QED) is 0.376. The predicted octanol–water partition coefficient (Wildman–Crippen LogP) is 5.12. The molecule has 34 heavy (non-hydrogen) atoms. The van der Waals surface area contributed by atoms with Crippen LogP contribution in [0, 0.1) is 13.8 Å². The summed E-state index contributed by atoms with van der Waals surface area (Å²) in [6, 6.07) is 8.62. The molecular weight excluding hydrogens is 436 g/mol. The Balaban J connectivity index is 2.04. The number of pyridine rings is 1. The van der Waals surface area contributed by atoms with Crippen molar-refractivity contribution in [3.63, 3.8) is 0 Å². The molecule has 0 spiro atoms. The molecule has 9 heteroatoms. The van der Waals surface area contributed by atoms with Crippen LogP contribution >= 0.6 is 0 Å². The van der Waals surface area contributed by atoms with Crippen LogP contribution in [-0.2, 0) is 4.74 Å². The third-order valence-electron chi connectivity index (χ3n) is 5.04. The van der Waals surface area contributed by atoms with Crippen LogP contribution in [0.1, 0.15) is 55.2 Å². The number of nitrogens with zero attached hydrogens (tertiary/aromatic N) is 4. The van der Waals surface area contributed by atoms with E-state index in [1.165, 1.54) is 4.57 Å². The zero-order chi connectivity index (χ0) is 24.6. The Kier molecular flexibility index (Phi) is 5.95. The van der Waals surface area contributed by atoms with E-state index in [2.05, 4.69) is 15.1 Å². The molecule has 3 heterocycles. The molecule has 0 fully saturated rings. The van der Waals surface area contributed by atoms with Crippen molar-refractivity contribution in [2.75, 3.05) is 6.61 Å². The van der Waals surface area contributed by atoms with Crippen LogP contribution in [0.15, 0.2) is 41.1 Å². The lowest BCUT2D eigenvalue weighted by atomic mass is 9.97. The number of carbonyl (C=O) groups excluding carboxylic acids is 2. The smallest absolute Gasteiger partial charge is 0.423 e. The van der Waals surface area contributed by atoms with Crippen molar-refractivity contribution in [3.05, 3.63) is 59.2 Å². The molecule has 0 aliphatic carbocycles. The van der Waals surface area contributed by atoms with Crippen molar-refractivity contribution in [1.29, 1.82) is 0 Å². The largest absolute Gasteiger partial charge is 0.465 e. The number of aromatic nitrogens is 4. The number of fused-ring (bicyclic) bond motifs is 1. The molecule has 4 aromatic rings. The first-order valence-corrected chi connectivity index (χ1v) is 10.9. The van der Waals surface area contributed by atoms with Gasteiger partial charge in [0.25, 0.3) is 0 Å². The molecule has 0 saturated heterocycles. The molecular formula is C25H26N4O5. The van der Waals surface area contributed by atoms with Gasteiger partial charge in [0.1, 0.15) is 22.6 Å². The first-order valence-electron chi connectivity index (χ1n) is 10.9. The third kappa shape index (κ3) is 4.28.